The number of rotatable bonds is 6. The lowest BCUT2D eigenvalue weighted by Gasteiger charge is -2.37. The Morgan fingerprint density at radius 2 is 1.89 bits per heavy atom. The van der Waals surface area contributed by atoms with Crippen molar-refractivity contribution < 1.29 is 14.3 Å². The smallest absolute Gasteiger partial charge is 0.251 e. The van der Waals surface area contributed by atoms with E-state index in [1.165, 1.54) is 0 Å². The molecule has 28 heavy (non-hydrogen) atoms. The van der Waals surface area contributed by atoms with Crippen LogP contribution >= 0.6 is 24.0 Å². The highest BCUT2D eigenvalue weighted by atomic mass is 127. The van der Waals surface area contributed by atoms with Crippen molar-refractivity contribution in [3.8, 4) is 0 Å². The van der Waals surface area contributed by atoms with Crippen LogP contribution in [0.15, 0.2) is 35.3 Å². The summed E-state index contributed by atoms with van der Waals surface area (Å²) >= 11 is 0. The van der Waals surface area contributed by atoms with Crippen LogP contribution in [-0.4, -0.2) is 75.4 Å². The zero-order valence-electron chi connectivity index (χ0n) is 16.4. The van der Waals surface area contributed by atoms with Crippen molar-refractivity contribution in [3.63, 3.8) is 0 Å². The minimum Gasteiger partial charge on any atom is -0.375 e. The van der Waals surface area contributed by atoms with Crippen molar-refractivity contribution in [2.75, 3.05) is 46.4 Å². The van der Waals surface area contributed by atoms with E-state index in [0.29, 0.717) is 18.7 Å². The van der Waals surface area contributed by atoms with Crippen molar-refractivity contribution in [2.24, 2.45) is 4.99 Å². The maximum atomic E-state index is 12.0. The van der Waals surface area contributed by atoms with E-state index in [1.54, 1.807) is 7.05 Å². The Labute approximate surface area is 184 Å². The first kappa shape index (κ1) is 22.9. The van der Waals surface area contributed by atoms with Crippen LogP contribution in [0.4, 0.5) is 0 Å². The van der Waals surface area contributed by atoms with Crippen LogP contribution in [0.2, 0.25) is 0 Å². The number of carbonyl (C=O) groups excluding carboxylic acids is 1. The molecule has 0 saturated carbocycles. The molecule has 2 atom stereocenters. The SMILES string of the molecule is CN=C(NCCCNC(=O)c1ccccc1)N1CCOC(C2CCCO2)C1.I. The third kappa shape index (κ3) is 6.59. The van der Waals surface area contributed by atoms with E-state index in [4.69, 9.17) is 9.47 Å². The molecule has 0 spiro atoms. The van der Waals surface area contributed by atoms with E-state index >= 15 is 0 Å². The molecule has 2 fully saturated rings. The first-order chi connectivity index (χ1) is 13.3. The van der Waals surface area contributed by atoms with Gasteiger partial charge >= 0.3 is 0 Å². The second-order valence-electron chi connectivity index (χ2n) is 6.86. The third-order valence-corrected chi connectivity index (χ3v) is 4.94. The molecule has 2 unspecified atom stereocenters. The van der Waals surface area contributed by atoms with Gasteiger partial charge in [-0.25, -0.2) is 0 Å². The van der Waals surface area contributed by atoms with Gasteiger partial charge in [0.05, 0.1) is 12.7 Å². The molecule has 0 aliphatic carbocycles. The largest absolute Gasteiger partial charge is 0.375 e. The van der Waals surface area contributed by atoms with E-state index < -0.39 is 0 Å². The summed E-state index contributed by atoms with van der Waals surface area (Å²) in [5.41, 5.74) is 0.690. The Hall–Kier alpha value is -1.39. The van der Waals surface area contributed by atoms with Gasteiger partial charge in [-0.3, -0.25) is 9.79 Å². The predicted octanol–water partition coefficient (Wildman–Crippen LogP) is 1.88. The van der Waals surface area contributed by atoms with Gasteiger partial charge in [-0.2, -0.15) is 0 Å². The number of morpholine rings is 1. The second-order valence-corrected chi connectivity index (χ2v) is 6.86. The number of nitrogens with one attached hydrogen (secondary N) is 2. The topological polar surface area (TPSA) is 75.2 Å². The quantitative estimate of drug-likeness (QED) is 0.269. The number of ether oxygens (including phenoxy) is 2. The van der Waals surface area contributed by atoms with Crippen molar-refractivity contribution >= 4 is 35.8 Å². The van der Waals surface area contributed by atoms with E-state index in [0.717, 1.165) is 51.5 Å². The number of carbonyl (C=O) groups is 1. The number of hydrogen-bond acceptors (Lipinski definition) is 4. The van der Waals surface area contributed by atoms with Crippen molar-refractivity contribution in [3.05, 3.63) is 35.9 Å². The van der Waals surface area contributed by atoms with Crippen LogP contribution in [0.25, 0.3) is 0 Å². The Morgan fingerprint density at radius 1 is 1.14 bits per heavy atom. The van der Waals surface area contributed by atoms with E-state index in [1.807, 2.05) is 30.3 Å². The minimum atomic E-state index is -0.0347. The van der Waals surface area contributed by atoms with Gasteiger partial charge in [-0.1, -0.05) is 18.2 Å². The molecule has 1 aromatic carbocycles. The molecule has 2 N–H and O–H groups in total. The molecular weight excluding hydrogens is 471 g/mol. The molecule has 2 saturated heterocycles. The zero-order chi connectivity index (χ0) is 18.9. The summed E-state index contributed by atoms with van der Waals surface area (Å²) in [5.74, 6) is 0.850. The van der Waals surface area contributed by atoms with E-state index in [2.05, 4.69) is 20.5 Å². The summed E-state index contributed by atoms with van der Waals surface area (Å²) in [6, 6.07) is 9.28. The fraction of sp³-hybridized carbons (Fsp3) is 0.600. The lowest BCUT2D eigenvalue weighted by Crippen LogP contribution is -2.53. The molecule has 2 heterocycles. The molecule has 2 aliphatic heterocycles. The highest BCUT2D eigenvalue weighted by molar-refractivity contribution is 14.0. The maximum absolute atomic E-state index is 12.0. The zero-order valence-corrected chi connectivity index (χ0v) is 18.8. The second kappa shape index (κ2) is 12.2. The van der Waals surface area contributed by atoms with Gasteiger partial charge in [-0.15, -0.1) is 24.0 Å². The molecule has 3 rings (SSSR count). The summed E-state index contributed by atoms with van der Waals surface area (Å²) in [7, 11) is 1.80. The molecule has 7 nitrogen and oxygen atoms in total. The molecule has 2 aliphatic rings. The van der Waals surface area contributed by atoms with Crippen LogP contribution in [0.5, 0.6) is 0 Å². The molecule has 1 aromatic rings. The van der Waals surface area contributed by atoms with Crippen LogP contribution < -0.4 is 10.6 Å². The van der Waals surface area contributed by atoms with E-state index in [-0.39, 0.29) is 42.1 Å². The average Bonchev–Trinajstić information content (AvgIpc) is 3.26. The minimum absolute atomic E-state index is 0. The normalized spacial score (nSPS) is 22.5. The summed E-state index contributed by atoms with van der Waals surface area (Å²) < 4.78 is 11.7. The van der Waals surface area contributed by atoms with Gasteiger partial charge in [0, 0.05) is 45.4 Å². The molecule has 156 valence electrons. The molecule has 0 aromatic heterocycles. The molecular formula is C20H31IN4O3. The van der Waals surface area contributed by atoms with E-state index in [9.17, 15) is 4.79 Å². The summed E-state index contributed by atoms with van der Waals surface area (Å²) in [4.78, 5) is 18.7. The van der Waals surface area contributed by atoms with Crippen LogP contribution in [0.3, 0.4) is 0 Å². The number of guanidine groups is 1. The molecule has 1 amide bonds. The Kier molecular flexibility index (Phi) is 10.0. The van der Waals surface area contributed by atoms with Crippen molar-refractivity contribution in [2.45, 2.75) is 31.5 Å². The third-order valence-electron chi connectivity index (χ3n) is 4.94. The van der Waals surface area contributed by atoms with Crippen LogP contribution in [0, 0.1) is 0 Å². The Bertz CT molecular complexity index is 623. The van der Waals surface area contributed by atoms with Crippen molar-refractivity contribution in [1.82, 2.24) is 15.5 Å². The highest BCUT2D eigenvalue weighted by Crippen LogP contribution is 2.20. The first-order valence-electron chi connectivity index (χ1n) is 9.80. The van der Waals surface area contributed by atoms with Gasteiger partial charge in [0.1, 0.15) is 6.10 Å². The number of nitrogens with zero attached hydrogens (tertiary/aromatic N) is 2. The summed E-state index contributed by atoms with van der Waals surface area (Å²) in [6.45, 7) is 4.54. The first-order valence-corrected chi connectivity index (χ1v) is 9.80. The lowest BCUT2D eigenvalue weighted by atomic mass is 10.1. The van der Waals surface area contributed by atoms with Crippen LogP contribution in [0.1, 0.15) is 29.6 Å². The highest BCUT2D eigenvalue weighted by Gasteiger charge is 2.32. The number of benzene rings is 1. The molecule has 0 bridgehead atoms. The fourth-order valence-electron chi connectivity index (χ4n) is 3.50. The van der Waals surface area contributed by atoms with Gasteiger partial charge < -0.3 is 25.0 Å². The van der Waals surface area contributed by atoms with Crippen molar-refractivity contribution in [1.29, 1.82) is 0 Å². The predicted molar refractivity (Wildman–Crippen MR) is 120 cm³/mol. The standard InChI is InChI=1S/C20H30N4O3.HI/c1-21-20(24-12-14-27-18(15-24)17-9-5-13-26-17)23-11-6-10-22-19(25)16-7-3-2-4-8-16;/h2-4,7-8,17-18H,5-6,9-15H2,1H3,(H,21,23)(H,22,25);1H. The summed E-state index contributed by atoms with van der Waals surface area (Å²) in [6.07, 6.45) is 3.35. The number of aliphatic imine (C=N–C) groups is 1. The Balaban J connectivity index is 0.00000280. The maximum Gasteiger partial charge on any atom is 0.251 e. The molecule has 8 heteroatoms. The van der Waals surface area contributed by atoms with Gasteiger partial charge in [0.25, 0.3) is 5.91 Å². The lowest BCUT2D eigenvalue weighted by molar-refractivity contribution is -0.0816. The van der Waals surface area contributed by atoms with Crippen LogP contribution in [-0.2, 0) is 9.47 Å². The van der Waals surface area contributed by atoms with Gasteiger partial charge in [-0.05, 0) is 31.4 Å². The number of halogens is 1. The Morgan fingerprint density at radius 3 is 2.61 bits per heavy atom. The van der Waals surface area contributed by atoms with Gasteiger partial charge in [0.15, 0.2) is 5.96 Å². The number of amides is 1. The fourth-order valence-corrected chi connectivity index (χ4v) is 3.50. The monoisotopic (exact) mass is 502 g/mol. The summed E-state index contributed by atoms with van der Waals surface area (Å²) in [5, 5.41) is 6.34. The van der Waals surface area contributed by atoms with Gasteiger partial charge in [0.2, 0.25) is 0 Å². The molecule has 0 radical (unpaired) electrons. The number of hydrogen-bond donors (Lipinski definition) is 2. The average molecular weight is 502 g/mol.